The zero-order valence-electron chi connectivity index (χ0n) is 11.2. The van der Waals surface area contributed by atoms with E-state index in [0.29, 0.717) is 19.8 Å². The van der Waals surface area contributed by atoms with E-state index >= 15 is 0 Å². The molecule has 0 bridgehead atoms. The van der Waals surface area contributed by atoms with Gasteiger partial charge in [-0.25, -0.2) is 4.39 Å². The lowest BCUT2D eigenvalue weighted by Crippen LogP contribution is -2.50. The third kappa shape index (κ3) is 2.77. The SMILES string of the molecule is CN(Cc1cccc(F)c1)C(=O)C1(C)COCC1N. The molecule has 1 aromatic carbocycles. The first-order valence-electron chi connectivity index (χ1n) is 6.27. The Balaban J connectivity index is 2.07. The summed E-state index contributed by atoms with van der Waals surface area (Å²) >= 11 is 0. The summed E-state index contributed by atoms with van der Waals surface area (Å²) in [5.74, 6) is -0.368. The highest BCUT2D eigenvalue weighted by Crippen LogP contribution is 2.29. The van der Waals surface area contributed by atoms with E-state index in [2.05, 4.69) is 0 Å². The number of nitrogens with two attached hydrogens (primary N) is 1. The van der Waals surface area contributed by atoms with Gasteiger partial charge >= 0.3 is 0 Å². The fourth-order valence-electron chi connectivity index (χ4n) is 2.33. The molecule has 0 radical (unpaired) electrons. The molecule has 1 saturated heterocycles. The Labute approximate surface area is 112 Å². The van der Waals surface area contributed by atoms with Gasteiger partial charge in [-0.2, -0.15) is 0 Å². The van der Waals surface area contributed by atoms with Crippen molar-refractivity contribution in [3.8, 4) is 0 Å². The molecule has 2 unspecified atom stereocenters. The van der Waals surface area contributed by atoms with Crippen LogP contribution in [0, 0.1) is 11.2 Å². The molecule has 2 N–H and O–H groups in total. The van der Waals surface area contributed by atoms with Crippen LogP contribution in [-0.2, 0) is 16.1 Å². The van der Waals surface area contributed by atoms with Crippen LogP contribution in [0.4, 0.5) is 4.39 Å². The lowest BCUT2D eigenvalue weighted by Gasteiger charge is -2.30. The van der Waals surface area contributed by atoms with Crippen LogP contribution in [0.25, 0.3) is 0 Å². The molecule has 4 nitrogen and oxygen atoms in total. The zero-order chi connectivity index (χ0) is 14.0. The van der Waals surface area contributed by atoms with E-state index in [1.54, 1.807) is 24.1 Å². The van der Waals surface area contributed by atoms with E-state index in [4.69, 9.17) is 10.5 Å². The number of benzene rings is 1. The highest BCUT2D eigenvalue weighted by Gasteiger charge is 2.45. The Kier molecular flexibility index (Phi) is 3.87. The minimum absolute atomic E-state index is 0.0678. The van der Waals surface area contributed by atoms with Crippen LogP contribution in [0.1, 0.15) is 12.5 Å². The van der Waals surface area contributed by atoms with Crippen LogP contribution < -0.4 is 5.73 Å². The zero-order valence-corrected chi connectivity index (χ0v) is 11.2. The Morgan fingerprint density at radius 3 is 2.95 bits per heavy atom. The number of carbonyl (C=O) groups is 1. The first-order chi connectivity index (χ1) is 8.93. The van der Waals surface area contributed by atoms with E-state index in [-0.39, 0.29) is 17.8 Å². The summed E-state index contributed by atoms with van der Waals surface area (Å²) in [6.45, 7) is 2.91. The molecule has 1 amide bonds. The number of rotatable bonds is 3. The largest absolute Gasteiger partial charge is 0.379 e. The number of hydrogen-bond donors (Lipinski definition) is 1. The number of nitrogens with zero attached hydrogens (tertiary/aromatic N) is 1. The summed E-state index contributed by atoms with van der Waals surface area (Å²) in [6, 6.07) is 5.94. The molecule has 5 heteroatoms. The van der Waals surface area contributed by atoms with Gasteiger partial charge in [-0.1, -0.05) is 12.1 Å². The molecule has 104 valence electrons. The van der Waals surface area contributed by atoms with Gasteiger partial charge in [-0.05, 0) is 24.6 Å². The maximum Gasteiger partial charge on any atom is 0.232 e. The molecule has 19 heavy (non-hydrogen) atoms. The van der Waals surface area contributed by atoms with Crippen molar-refractivity contribution in [3.05, 3.63) is 35.6 Å². The molecule has 1 heterocycles. The standard InChI is InChI=1S/C14H19FN2O2/c1-14(9-19-8-12(14)16)13(18)17(2)7-10-4-3-5-11(15)6-10/h3-6,12H,7-9,16H2,1-2H3. The maximum atomic E-state index is 13.1. The minimum Gasteiger partial charge on any atom is -0.379 e. The molecule has 1 aliphatic heterocycles. The number of halogens is 1. The van der Waals surface area contributed by atoms with Crippen molar-refractivity contribution in [2.24, 2.45) is 11.1 Å². The number of hydrogen-bond acceptors (Lipinski definition) is 3. The highest BCUT2D eigenvalue weighted by atomic mass is 19.1. The predicted octanol–water partition coefficient (Wildman–Crippen LogP) is 1.15. The first kappa shape index (κ1) is 14.0. The van der Waals surface area contributed by atoms with E-state index < -0.39 is 5.41 Å². The lowest BCUT2D eigenvalue weighted by atomic mass is 9.84. The Bertz CT molecular complexity index is 480. The molecule has 0 spiro atoms. The first-order valence-corrected chi connectivity index (χ1v) is 6.27. The van der Waals surface area contributed by atoms with E-state index in [9.17, 15) is 9.18 Å². The Morgan fingerprint density at radius 2 is 2.37 bits per heavy atom. The summed E-state index contributed by atoms with van der Waals surface area (Å²) in [5, 5.41) is 0. The summed E-state index contributed by atoms with van der Waals surface area (Å²) in [5.41, 5.74) is 6.00. The van der Waals surface area contributed by atoms with Crippen LogP contribution in [0.3, 0.4) is 0 Å². The molecule has 1 aromatic rings. The van der Waals surface area contributed by atoms with Crippen molar-refractivity contribution < 1.29 is 13.9 Å². The number of ether oxygens (including phenoxy) is 1. The van der Waals surface area contributed by atoms with Gasteiger partial charge in [0, 0.05) is 19.6 Å². The number of carbonyl (C=O) groups excluding carboxylic acids is 1. The quantitative estimate of drug-likeness (QED) is 0.893. The highest BCUT2D eigenvalue weighted by molar-refractivity contribution is 5.83. The molecule has 0 aliphatic carbocycles. The fourth-order valence-corrected chi connectivity index (χ4v) is 2.33. The van der Waals surface area contributed by atoms with Gasteiger partial charge < -0.3 is 15.4 Å². The fraction of sp³-hybridized carbons (Fsp3) is 0.500. The van der Waals surface area contributed by atoms with Gasteiger partial charge in [0.2, 0.25) is 5.91 Å². The summed E-state index contributed by atoms with van der Waals surface area (Å²) in [4.78, 5) is 14.0. The topological polar surface area (TPSA) is 55.6 Å². The van der Waals surface area contributed by atoms with Crippen LogP contribution >= 0.6 is 0 Å². The van der Waals surface area contributed by atoms with Gasteiger partial charge in [0.15, 0.2) is 0 Å². The second kappa shape index (κ2) is 5.27. The molecule has 0 aromatic heterocycles. The third-order valence-corrected chi connectivity index (χ3v) is 3.66. The summed E-state index contributed by atoms with van der Waals surface area (Å²) < 4.78 is 18.4. The average molecular weight is 266 g/mol. The minimum atomic E-state index is -0.692. The number of amides is 1. The van der Waals surface area contributed by atoms with Crippen LogP contribution in [-0.4, -0.2) is 37.1 Å². The molecule has 1 fully saturated rings. The smallest absolute Gasteiger partial charge is 0.232 e. The van der Waals surface area contributed by atoms with Crippen molar-refractivity contribution in [1.82, 2.24) is 4.90 Å². The van der Waals surface area contributed by atoms with Gasteiger partial charge in [0.25, 0.3) is 0 Å². The van der Waals surface area contributed by atoms with Crippen molar-refractivity contribution >= 4 is 5.91 Å². The maximum absolute atomic E-state index is 13.1. The van der Waals surface area contributed by atoms with Crippen molar-refractivity contribution in [2.75, 3.05) is 20.3 Å². The van der Waals surface area contributed by atoms with E-state index in [1.807, 2.05) is 6.92 Å². The van der Waals surface area contributed by atoms with Crippen molar-refractivity contribution in [3.63, 3.8) is 0 Å². The molecule has 2 atom stereocenters. The normalized spacial score (nSPS) is 26.4. The molecule has 2 rings (SSSR count). The van der Waals surface area contributed by atoms with E-state index in [1.165, 1.54) is 12.1 Å². The van der Waals surface area contributed by atoms with Crippen molar-refractivity contribution in [2.45, 2.75) is 19.5 Å². The second-order valence-electron chi connectivity index (χ2n) is 5.33. The Morgan fingerprint density at radius 1 is 1.63 bits per heavy atom. The van der Waals surface area contributed by atoms with Crippen LogP contribution in [0.5, 0.6) is 0 Å². The second-order valence-corrected chi connectivity index (χ2v) is 5.33. The summed E-state index contributed by atoms with van der Waals surface area (Å²) in [7, 11) is 1.70. The molecular weight excluding hydrogens is 247 g/mol. The molecule has 0 saturated carbocycles. The molecule has 1 aliphatic rings. The van der Waals surface area contributed by atoms with Crippen LogP contribution in [0.2, 0.25) is 0 Å². The van der Waals surface area contributed by atoms with Crippen molar-refractivity contribution in [1.29, 1.82) is 0 Å². The third-order valence-electron chi connectivity index (χ3n) is 3.66. The van der Waals surface area contributed by atoms with Crippen LogP contribution in [0.15, 0.2) is 24.3 Å². The molecular formula is C14H19FN2O2. The van der Waals surface area contributed by atoms with Gasteiger partial charge in [-0.3, -0.25) is 4.79 Å². The monoisotopic (exact) mass is 266 g/mol. The van der Waals surface area contributed by atoms with Gasteiger partial charge in [0.05, 0.1) is 18.6 Å². The van der Waals surface area contributed by atoms with Gasteiger partial charge in [0.1, 0.15) is 5.82 Å². The lowest BCUT2D eigenvalue weighted by molar-refractivity contribution is -0.140. The predicted molar refractivity (Wildman–Crippen MR) is 69.8 cm³/mol. The van der Waals surface area contributed by atoms with E-state index in [0.717, 1.165) is 5.56 Å². The van der Waals surface area contributed by atoms with Gasteiger partial charge in [-0.15, -0.1) is 0 Å². The Hall–Kier alpha value is -1.46. The summed E-state index contributed by atoms with van der Waals surface area (Å²) in [6.07, 6.45) is 0. The average Bonchev–Trinajstić information content (AvgIpc) is 2.70.